The fraction of sp³-hybridized carbons (Fsp3) is 0.467. The molecule has 8 heteroatoms. The van der Waals surface area contributed by atoms with Gasteiger partial charge in [-0.3, -0.25) is 19.2 Å². The lowest BCUT2D eigenvalue weighted by Crippen LogP contribution is -2.53. The molecule has 0 saturated carbocycles. The number of carbonyl (C=O) groups excluding carboxylic acids is 4. The van der Waals surface area contributed by atoms with E-state index in [0.29, 0.717) is 30.5 Å². The first-order valence-electron chi connectivity index (χ1n) is 13.2. The maximum atomic E-state index is 13.8. The second-order valence-corrected chi connectivity index (χ2v) is 12.6. The van der Waals surface area contributed by atoms with Gasteiger partial charge in [-0.05, 0) is 60.1 Å². The number of likely N-dealkylation sites (tertiary alicyclic amines) is 2. The number of hydrogen-bond donors (Lipinski definition) is 1. The predicted octanol–water partition coefficient (Wildman–Crippen LogP) is 4.59. The van der Waals surface area contributed by atoms with E-state index >= 15 is 0 Å². The van der Waals surface area contributed by atoms with Gasteiger partial charge in [-0.15, -0.1) is 0 Å². The number of nitrogens with one attached hydrogen (secondary N) is 1. The molecule has 2 saturated heterocycles. The highest BCUT2D eigenvalue weighted by Gasteiger charge is 2.52. The van der Waals surface area contributed by atoms with Crippen LogP contribution in [0.25, 0.3) is 0 Å². The molecule has 1 N–H and O–H groups in total. The van der Waals surface area contributed by atoms with Crippen molar-refractivity contribution in [1.82, 2.24) is 15.1 Å². The van der Waals surface area contributed by atoms with E-state index in [-0.39, 0.29) is 47.4 Å². The molecular formula is C30H36BrN3O4. The number of hydrogen-bond acceptors (Lipinski definition) is 4. The van der Waals surface area contributed by atoms with Crippen LogP contribution in [0.5, 0.6) is 0 Å². The number of amides is 3. The minimum Gasteiger partial charge on any atom is -0.340 e. The summed E-state index contributed by atoms with van der Waals surface area (Å²) in [5, 5.41) is 2.93. The smallest absolute Gasteiger partial charge is 0.254 e. The van der Waals surface area contributed by atoms with Crippen LogP contribution in [0.15, 0.2) is 53.0 Å². The van der Waals surface area contributed by atoms with Gasteiger partial charge >= 0.3 is 0 Å². The molecule has 3 atom stereocenters. The first-order chi connectivity index (χ1) is 17.9. The van der Waals surface area contributed by atoms with Crippen LogP contribution < -0.4 is 5.32 Å². The van der Waals surface area contributed by atoms with Crippen molar-refractivity contribution in [3.05, 3.63) is 69.7 Å². The molecule has 7 nitrogen and oxygen atoms in total. The zero-order chi connectivity index (χ0) is 27.8. The van der Waals surface area contributed by atoms with Crippen molar-refractivity contribution < 1.29 is 19.2 Å². The highest BCUT2D eigenvalue weighted by atomic mass is 79.9. The summed E-state index contributed by atoms with van der Waals surface area (Å²) in [6.45, 7) is 10.7. The van der Waals surface area contributed by atoms with Crippen molar-refractivity contribution in [3.63, 3.8) is 0 Å². The van der Waals surface area contributed by atoms with Crippen molar-refractivity contribution >= 4 is 39.4 Å². The second-order valence-electron chi connectivity index (χ2n) is 11.7. The number of carbonyl (C=O) groups is 4. The molecule has 2 aromatic rings. The Bertz CT molecular complexity index is 1230. The molecule has 202 valence electrons. The lowest BCUT2D eigenvalue weighted by Gasteiger charge is -2.29. The van der Waals surface area contributed by atoms with Crippen LogP contribution in [0, 0.1) is 5.92 Å². The van der Waals surface area contributed by atoms with Crippen molar-refractivity contribution in [2.45, 2.75) is 71.0 Å². The minimum atomic E-state index is -0.758. The number of ketones is 1. The van der Waals surface area contributed by atoms with E-state index in [2.05, 4.69) is 42.0 Å². The highest BCUT2D eigenvalue weighted by molar-refractivity contribution is 9.10. The lowest BCUT2D eigenvalue weighted by atomic mass is 9.86. The van der Waals surface area contributed by atoms with Gasteiger partial charge in [0.05, 0.1) is 12.6 Å². The van der Waals surface area contributed by atoms with Gasteiger partial charge in [0.25, 0.3) is 11.8 Å². The molecule has 4 rings (SSSR count). The summed E-state index contributed by atoms with van der Waals surface area (Å²) in [6, 6.07) is 12.7. The zero-order valence-corrected chi connectivity index (χ0v) is 24.2. The summed E-state index contributed by atoms with van der Waals surface area (Å²) >= 11 is 3.39. The number of benzene rings is 2. The van der Waals surface area contributed by atoms with E-state index in [9.17, 15) is 19.2 Å². The summed E-state index contributed by atoms with van der Waals surface area (Å²) in [5.41, 5.74) is 2.08. The van der Waals surface area contributed by atoms with E-state index in [1.54, 1.807) is 40.1 Å². The van der Waals surface area contributed by atoms with E-state index < -0.39 is 12.1 Å². The van der Waals surface area contributed by atoms with Crippen molar-refractivity contribution in [3.8, 4) is 0 Å². The molecule has 2 heterocycles. The first kappa shape index (κ1) is 28.0. The third-order valence-corrected chi connectivity index (χ3v) is 7.85. The van der Waals surface area contributed by atoms with Gasteiger partial charge < -0.3 is 15.1 Å². The SMILES string of the molecule is CC(C)C[C@H](NC(=O)c1ccc(C(C)(C)C)cc1)C(=O)N1CCC2[C@H]1C(=O)CN2C(=O)c1cccc(Br)c1. The monoisotopic (exact) mass is 581 g/mol. The highest BCUT2D eigenvalue weighted by Crippen LogP contribution is 2.32. The van der Waals surface area contributed by atoms with Gasteiger partial charge in [-0.1, -0.05) is 68.7 Å². The van der Waals surface area contributed by atoms with Gasteiger partial charge in [0, 0.05) is 22.1 Å². The second kappa shape index (κ2) is 11.0. The van der Waals surface area contributed by atoms with E-state index in [1.807, 2.05) is 32.0 Å². The largest absolute Gasteiger partial charge is 0.340 e. The lowest BCUT2D eigenvalue weighted by molar-refractivity contribution is -0.138. The Hall–Kier alpha value is -3.00. The number of nitrogens with zero attached hydrogens (tertiary/aromatic N) is 2. The molecule has 3 amide bonds. The minimum absolute atomic E-state index is 0.0220. The quantitative estimate of drug-likeness (QED) is 0.540. The molecule has 0 bridgehead atoms. The van der Waals surface area contributed by atoms with E-state index in [4.69, 9.17) is 0 Å². The van der Waals surface area contributed by atoms with Crippen LogP contribution >= 0.6 is 15.9 Å². The molecule has 0 aromatic heterocycles. The third kappa shape index (κ3) is 5.85. The van der Waals surface area contributed by atoms with Crippen molar-refractivity contribution in [2.24, 2.45) is 5.92 Å². The summed E-state index contributed by atoms with van der Waals surface area (Å²) in [7, 11) is 0. The Morgan fingerprint density at radius 1 is 1.03 bits per heavy atom. The van der Waals surface area contributed by atoms with Gasteiger partial charge in [-0.25, -0.2) is 0 Å². The molecule has 2 aliphatic heterocycles. The van der Waals surface area contributed by atoms with E-state index in [0.717, 1.165) is 10.0 Å². The average molecular weight is 583 g/mol. The predicted molar refractivity (Wildman–Crippen MR) is 150 cm³/mol. The van der Waals surface area contributed by atoms with Crippen molar-refractivity contribution in [2.75, 3.05) is 13.1 Å². The zero-order valence-electron chi connectivity index (χ0n) is 22.7. The molecule has 2 fully saturated rings. The summed E-state index contributed by atoms with van der Waals surface area (Å²) in [6.07, 6.45) is 0.978. The Morgan fingerprint density at radius 2 is 1.71 bits per heavy atom. The van der Waals surface area contributed by atoms with Gasteiger partial charge in [0.15, 0.2) is 5.78 Å². The maximum absolute atomic E-state index is 13.8. The normalized spacial score (nSPS) is 20.0. The molecule has 2 aliphatic rings. The van der Waals surface area contributed by atoms with Crippen LogP contribution in [0.3, 0.4) is 0 Å². The third-order valence-electron chi connectivity index (χ3n) is 7.36. The average Bonchev–Trinajstić information content (AvgIpc) is 3.43. The van der Waals surface area contributed by atoms with E-state index in [1.165, 1.54) is 0 Å². The van der Waals surface area contributed by atoms with Crippen LogP contribution in [0.1, 0.15) is 73.7 Å². The number of fused-ring (bicyclic) bond motifs is 1. The summed E-state index contributed by atoms with van der Waals surface area (Å²) in [5.74, 6) is -0.788. The van der Waals surface area contributed by atoms with Gasteiger partial charge in [-0.2, -0.15) is 0 Å². The molecular weight excluding hydrogens is 546 g/mol. The first-order valence-corrected chi connectivity index (χ1v) is 14.0. The van der Waals surface area contributed by atoms with Crippen molar-refractivity contribution in [1.29, 1.82) is 0 Å². The Kier molecular flexibility index (Phi) is 8.12. The number of Topliss-reactive ketones (excluding diaryl/α,β-unsaturated/α-hetero) is 1. The standard InChI is InChI=1S/C30H36BrN3O4/c1-18(2)15-23(32-27(36)19-9-11-21(12-10-19)30(3,4)5)29(38)33-14-13-24-26(33)25(35)17-34(24)28(37)20-7-6-8-22(31)16-20/h6-12,16,18,23-24,26H,13-15,17H2,1-5H3,(H,32,36)/t23-,24?,26-/m0/s1. The molecule has 38 heavy (non-hydrogen) atoms. The molecule has 2 aromatic carbocycles. The van der Waals surface area contributed by atoms with Crippen LogP contribution in [0.2, 0.25) is 0 Å². The van der Waals surface area contributed by atoms with Gasteiger partial charge in [0.2, 0.25) is 5.91 Å². The fourth-order valence-electron chi connectivity index (χ4n) is 5.38. The molecule has 0 spiro atoms. The summed E-state index contributed by atoms with van der Waals surface area (Å²) in [4.78, 5) is 56.4. The van der Waals surface area contributed by atoms with Crippen LogP contribution in [0.4, 0.5) is 0 Å². The Balaban J connectivity index is 1.50. The maximum Gasteiger partial charge on any atom is 0.254 e. The summed E-state index contributed by atoms with van der Waals surface area (Å²) < 4.78 is 0.786. The van der Waals surface area contributed by atoms with Crippen LogP contribution in [-0.2, 0) is 15.0 Å². The molecule has 0 aliphatic carbocycles. The topological polar surface area (TPSA) is 86.8 Å². The Morgan fingerprint density at radius 3 is 2.32 bits per heavy atom. The molecule has 0 radical (unpaired) electrons. The Labute approximate surface area is 233 Å². The molecule has 1 unspecified atom stereocenters. The van der Waals surface area contributed by atoms with Gasteiger partial charge in [0.1, 0.15) is 12.1 Å². The number of halogens is 1. The fourth-order valence-corrected chi connectivity index (χ4v) is 5.78. The van der Waals surface area contributed by atoms with Crippen LogP contribution in [-0.4, -0.2) is 64.5 Å². The number of rotatable bonds is 6.